The molecule has 0 unspecified atom stereocenters. The second kappa shape index (κ2) is 9.83. The van der Waals surface area contributed by atoms with E-state index in [1.54, 1.807) is 0 Å². The Balaban J connectivity index is 1.24. The molecule has 0 fully saturated rings. The number of imidazole rings is 1. The Kier molecular flexibility index (Phi) is 5.68. The van der Waals surface area contributed by atoms with E-state index in [1.807, 2.05) is 6.07 Å². The lowest BCUT2D eigenvalue weighted by Gasteiger charge is -2.13. The predicted octanol–water partition coefficient (Wildman–Crippen LogP) is 10.5. The lowest BCUT2D eigenvalue weighted by atomic mass is 9.97. The van der Waals surface area contributed by atoms with E-state index in [0.29, 0.717) is 5.52 Å². The molecule has 0 aliphatic carbocycles. The average Bonchev–Trinajstić information content (AvgIpc) is 3.43. The van der Waals surface area contributed by atoms with E-state index in [1.165, 1.54) is 44.8 Å². The Labute approximate surface area is 243 Å². The Hall–Kier alpha value is -5.54. The summed E-state index contributed by atoms with van der Waals surface area (Å²) in [6.07, 6.45) is 0. The van der Waals surface area contributed by atoms with Gasteiger partial charge in [-0.2, -0.15) is 0 Å². The number of nitrogens with zero attached hydrogens (tertiary/aromatic N) is 2. The maximum atomic E-state index is 14.3. The molecule has 0 spiro atoms. The molecule has 3 heteroatoms. The first-order chi connectivity index (χ1) is 20.7. The number of hydrogen-bond acceptors (Lipinski definition) is 1. The molecule has 1 heterocycles. The van der Waals surface area contributed by atoms with Crippen LogP contribution in [0.4, 0.5) is 4.39 Å². The molecule has 0 amide bonds. The van der Waals surface area contributed by atoms with Crippen molar-refractivity contribution in [3.05, 3.63) is 157 Å². The second-order valence-corrected chi connectivity index (χ2v) is 10.6. The molecule has 0 aliphatic heterocycles. The van der Waals surface area contributed by atoms with Crippen LogP contribution >= 0.6 is 0 Å². The van der Waals surface area contributed by atoms with Gasteiger partial charge in [0.2, 0.25) is 0 Å². The van der Waals surface area contributed by atoms with E-state index in [4.69, 9.17) is 4.98 Å². The summed E-state index contributed by atoms with van der Waals surface area (Å²) in [7, 11) is 0. The molecule has 0 bridgehead atoms. The highest BCUT2D eigenvalue weighted by atomic mass is 19.1. The van der Waals surface area contributed by atoms with Crippen LogP contribution in [-0.2, 0) is 0 Å². The fraction of sp³-hybridized carbons (Fsp3) is 0. The molecule has 42 heavy (non-hydrogen) atoms. The Morgan fingerprint density at radius 2 is 1.00 bits per heavy atom. The Morgan fingerprint density at radius 3 is 1.62 bits per heavy atom. The van der Waals surface area contributed by atoms with Gasteiger partial charge in [0.1, 0.15) is 11.6 Å². The number of halogens is 1. The first kappa shape index (κ1) is 24.3. The van der Waals surface area contributed by atoms with Gasteiger partial charge < -0.3 is 0 Å². The zero-order chi connectivity index (χ0) is 28.0. The molecular formula is C39H25FN2. The highest BCUT2D eigenvalue weighted by Crippen LogP contribution is 2.34. The summed E-state index contributed by atoms with van der Waals surface area (Å²) in [6, 6.07) is 51.6. The summed E-state index contributed by atoms with van der Waals surface area (Å²) < 4.78 is 16.4. The van der Waals surface area contributed by atoms with Crippen molar-refractivity contribution < 1.29 is 4.39 Å². The van der Waals surface area contributed by atoms with Gasteiger partial charge in [0.15, 0.2) is 0 Å². The minimum absolute atomic E-state index is 0.295. The van der Waals surface area contributed by atoms with Gasteiger partial charge in [0.25, 0.3) is 0 Å². The third kappa shape index (κ3) is 4.06. The van der Waals surface area contributed by atoms with E-state index < -0.39 is 0 Å². The van der Waals surface area contributed by atoms with Crippen LogP contribution < -0.4 is 0 Å². The molecule has 7 aromatic carbocycles. The SMILES string of the molecule is Fc1ccc2c(c1)nc(-c1ccc(-c3cccc4ccccc34)cc1)n2-c1ccc(-c2cccc3ccccc23)cc1. The van der Waals surface area contributed by atoms with Crippen molar-refractivity contribution in [3.63, 3.8) is 0 Å². The van der Waals surface area contributed by atoms with Crippen LogP contribution in [0.1, 0.15) is 0 Å². The smallest absolute Gasteiger partial charge is 0.145 e. The van der Waals surface area contributed by atoms with E-state index >= 15 is 0 Å². The fourth-order valence-electron chi connectivity index (χ4n) is 6.05. The second-order valence-electron chi connectivity index (χ2n) is 10.6. The third-order valence-corrected chi connectivity index (χ3v) is 8.09. The summed E-state index contributed by atoms with van der Waals surface area (Å²) in [6.45, 7) is 0. The van der Waals surface area contributed by atoms with Gasteiger partial charge in [-0.25, -0.2) is 9.37 Å². The minimum atomic E-state index is -0.295. The monoisotopic (exact) mass is 540 g/mol. The van der Waals surface area contributed by atoms with Gasteiger partial charge in [0, 0.05) is 17.3 Å². The summed E-state index contributed by atoms with van der Waals surface area (Å²) in [5.74, 6) is 0.481. The predicted molar refractivity (Wildman–Crippen MR) is 172 cm³/mol. The maximum absolute atomic E-state index is 14.3. The first-order valence-corrected chi connectivity index (χ1v) is 14.1. The van der Waals surface area contributed by atoms with Crippen molar-refractivity contribution in [1.82, 2.24) is 9.55 Å². The first-order valence-electron chi connectivity index (χ1n) is 14.1. The van der Waals surface area contributed by atoms with Crippen LogP contribution in [-0.4, -0.2) is 9.55 Å². The van der Waals surface area contributed by atoms with Crippen molar-refractivity contribution in [1.29, 1.82) is 0 Å². The van der Waals surface area contributed by atoms with Gasteiger partial charge in [-0.15, -0.1) is 0 Å². The van der Waals surface area contributed by atoms with Gasteiger partial charge >= 0.3 is 0 Å². The molecule has 1 aromatic heterocycles. The molecule has 0 saturated carbocycles. The fourth-order valence-corrected chi connectivity index (χ4v) is 6.05. The van der Waals surface area contributed by atoms with Crippen LogP contribution in [0.5, 0.6) is 0 Å². The molecule has 2 nitrogen and oxygen atoms in total. The third-order valence-electron chi connectivity index (χ3n) is 8.09. The zero-order valence-corrected chi connectivity index (χ0v) is 22.7. The van der Waals surface area contributed by atoms with Gasteiger partial charge in [-0.05, 0) is 68.1 Å². The average molecular weight is 541 g/mol. The van der Waals surface area contributed by atoms with Gasteiger partial charge in [-0.1, -0.05) is 121 Å². The van der Waals surface area contributed by atoms with Crippen LogP contribution in [0, 0.1) is 5.82 Å². The van der Waals surface area contributed by atoms with Crippen molar-refractivity contribution in [3.8, 4) is 39.3 Å². The summed E-state index contributed by atoms with van der Waals surface area (Å²) in [4.78, 5) is 4.92. The molecule has 8 rings (SSSR count). The van der Waals surface area contributed by atoms with Crippen molar-refractivity contribution in [2.24, 2.45) is 0 Å². The standard InChI is InChI=1S/C39H25FN2/c40-31-21-24-38-37(25-31)41-39(30-17-15-28(16-18-30)35-13-5-9-26-7-1-3-11-33(26)35)42(38)32-22-19-29(20-23-32)36-14-6-10-27-8-2-4-12-34(27)36/h1-25H. The van der Waals surface area contributed by atoms with E-state index in [-0.39, 0.29) is 5.82 Å². The largest absolute Gasteiger partial charge is 0.292 e. The molecule has 0 saturated heterocycles. The van der Waals surface area contributed by atoms with E-state index in [9.17, 15) is 4.39 Å². The molecule has 0 radical (unpaired) electrons. The topological polar surface area (TPSA) is 17.8 Å². The number of benzene rings is 7. The molecular weight excluding hydrogens is 515 g/mol. The van der Waals surface area contributed by atoms with Crippen LogP contribution in [0.15, 0.2) is 152 Å². The van der Waals surface area contributed by atoms with Crippen LogP contribution in [0.3, 0.4) is 0 Å². The number of fused-ring (bicyclic) bond motifs is 3. The van der Waals surface area contributed by atoms with Gasteiger partial charge in [-0.3, -0.25) is 4.57 Å². The summed E-state index contributed by atoms with van der Waals surface area (Å²) >= 11 is 0. The molecule has 0 aliphatic rings. The number of hydrogen-bond donors (Lipinski definition) is 0. The lowest BCUT2D eigenvalue weighted by molar-refractivity contribution is 0.629. The Bertz CT molecular complexity index is 2230. The van der Waals surface area contributed by atoms with Gasteiger partial charge in [0.05, 0.1) is 11.0 Å². The number of rotatable bonds is 4. The van der Waals surface area contributed by atoms with Crippen LogP contribution in [0.2, 0.25) is 0 Å². The lowest BCUT2D eigenvalue weighted by Crippen LogP contribution is -1.98. The quantitative estimate of drug-likeness (QED) is 0.217. The Morgan fingerprint density at radius 1 is 0.476 bits per heavy atom. The zero-order valence-electron chi connectivity index (χ0n) is 22.7. The minimum Gasteiger partial charge on any atom is -0.292 e. The van der Waals surface area contributed by atoms with E-state index in [2.05, 4.69) is 138 Å². The summed E-state index contributed by atoms with van der Waals surface area (Å²) in [5, 5.41) is 4.89. The number of aromatic nitrogens is 2. The molecule has 0 atom stereocenters. The van der Waals surface area contributed by atoms with Crippen molar-refractivity contribution >= 4 is 32.6 Å². The molecule has 8 aromatic rings. The normalized spacial score (nSPS) is 11.5. The highest BCUT2D eigenvalue weighted by molar-refractivity contribution is 5.98. The molecule has 198 valence electrons. The van der Waals surface area contributed by atoms with Crippen LogP contribution in [0.25, 0.3) is 71.9 Å². The maximum Gasteiger partial charge on any atom is 0.145 e. The van der Waals surface area contributed by atoms with Crippen molar-refractivity contribution in [2.75, 3.05) is 0 Å². The summed E-state index contributed by atoms with van der Waals surface area (Å²) in [5.41, 5.74) is 8.11. The molecule has 0 N–H and O–H groups in total. The highest BCUT2D eigenvalue weighted by Gasteiger charge is 2.16. The van der Waals surface area contributed by atoms with Crippen molar-refractivity contribution in [2.45, 2.75) is 0 Å². The van der Waals surface area contributed by atoms with E-state index in [0.717, 1.165) is 33.7 Å².